The molecule has 0 saturated heterocycles. The molecule has 0 aromatic heterocycles. The SMILES string of the molecule is CCN(Cc1cccc(NC(=O)CN2C(=O)COc3ccc(Cl)cc32)c1)C(=O)C(F)(F)F. The second-order valence-corrected chi connectivity index (χ2v) is 7.38. The number of hydrogen-bond acceptors (Lipinski definition) is 4. The van der Waals surface area contributed by atoms with Crippen LogP contribution in [0.3, 0.4) is 0 Å². The summed E-state index contributed by atoms with van der Waals surface area (Å²) in [6.07, 6.45) is -4.97. The van der Waals surface area contributed by atoms with Gasteiger partial charge in [0.15, 0.2) is 6.61 Å². The zero-order valence-corrected chi connectivity index (χ0v) is 17.7. The summed E-state index contributed by atoms with van der Waals surface area (Å²) in [5.41, 5.74) is 1.08. The first-order valence-electron chi connectivity index (χ1n) is 9.56. The lowest BCUT2D eigenvalue weighted by Gasteiger charge is -2.29. The van der Waals surface area contributed by atoms with Crippen molar-refractivity contribution in [2.24, 2.45) is 0 Å². The van der Waals surface area contributed by atoms with Crippen LogP contribution in [0, 0.1) is 0 Å². The number of ether oxygens (including phenoxy) is 1. The molecule has 0 atom stereocenters. The van der Waals surface area contributed by atoms with Gasteiger partial charge >= 0.3 is 12.1 Å². The van der Waals surface area contributed by atoms with Crippen molar-refractivity contribution >= 4 is 40.7 Å². The molecule has 11 heteroatoms. The Morgan fingerprint density at radius 3 is 2.66 bits per heavy atom. The first-order chi connectivity index (χ1) is 15.1. The van der Waals surface area contributed by atoms with E-state index in [1.54, 1.807) is 30.3 Å². The van der Waals surface area contributed by atoms with Crippen LogP contribution in [-0.4, -0.2) is 48.5 Å². The van der Waals surface area contributed by atoms with Crippen LogP contribution in [0.5, 0.6) is 5.75 Å². The lowest BCUT2D eigenvalue weighted by Crippen LogP contribution is -2.43. The summed E-state index contributed by atoms with van der Waals surface area (Å²) in [7, 11) is 0. The molecule has 3 amide bonds. The molecule has 0 radical (unpaired) electrons. The van der Waals surface area contributed by atoms with Crippen molar-refractivity contribution in [3.05, 3.63) is 53.1 Å². The van der Waals surface area contributed by atoms with E-state index in [0.717, 1.165) is 0 Å². The molecule has 1 aliphatic rings. The van der Waals surface area contributed by atoms with Crippen LogP contribution < -0.4 is 15.0 Å². The summed E-state index contributed by atoms with van der Waals surface area (Å²) in [4.78, 5) is 38.2. The van der Waals surface area contributed by atoms with E-state index in [-0.39, 0.29) is 26.2 Å². The summed E-state index contributed by atoms with van der Waals surface area (Å²) in [5, 5.41) is 2.98. The van der Waals surface area contributed by atoms with E-state index in [9.17, 15) is 27.6 Å². The monoisotopic (exact) mass is 469 g/mol. The number of hydrogen-bond donors (Lipinski definition) is 1. The van der Waals surface area contributed by atoms with Gasteiger partial charge in [-0.05, 0) is 42.8 Å². The van der Waals surface area contributed by atoms with Crippen molar-refractivity contribution in [3.63, 3.8) is 0 Å². The van der Waals surface area contributed by atoms with Gasteiger partial charge in [0.1, 0.15) is 12.3 Å². The van der Waals surface area contributed by atoms with E-state index in [1.807, 2.05) is 0 Å². The number of carbonyl (C=O) groups is 3. The van der Waals surface area contributed by atoms with Crippen LogP contribution in [-0.2, 0) is 20.9 Å². The highest BCUT2D eigenvalue weighted by atomic mass is 35.5. The first-order valence-corrected chi connectivity index (χ1v) is 9.94. The van der Waals surface area contributed by atoms with Crippen molar-refractivity contribution in [1.29, 1.82) is 0 Å². The molecule has 0 spiro atoms. The van der Waals surface area contributed by atoms with E-state index < -0.39 is 23.9 Å². The number of benzene rings is 2. The van der Waals surface area contributed by atoms with E-state index in [4.69, 9.17) is 16.3 Å². The molecular formula is C21H19ClF3N3O4. The Hall–Kier alpha value is -3.27. The summed E-state index contributed by atoms with van der Waals surface area (Å²) < 4.78 is 43.5. The normalized spacial score (nSPS) is 13.3. The fourth-order valence-corrected chi connectivity index (χ4v) is 3.33. The van der Waals surface area contributed by atoms with Crippen molar-refractivity contribution in [1.82, 2.24) is 4.90 Å². The zero-order chi connectivity index (χ0) is 23.5. The average molecular weight is 470 g/mol. The zero-order valence-electron chi connectivity index (χ0n) is 16.9. The summed E-state index contributed by atoms with van der Waals surface area (Å²) >= 11 is 5.98. The molecule has 2 aromatic rings. The second kappa shape index (κ2) is 9.47. The minimum atomic E-state index is -4.97. The van der Waals surface area contributed by atoms with E-state index >= 15 is 0 Å². The van der Waals surface area contributed by atoms with Crippen LogP contribution in [0.15, 0.2) is 42.5 Å². The van der Waals surface area contributed by atoms with Crippen LogP contribution in [0.1, 0.15) is 12.5 Å². The summed E-state index contributed by atoms with van der Waals surface area (Å²) in [6.45, 7) is 0.506. The largest absolute Gasteiger partial charge is 0.482 e. The maximum atomic E-state index is 12.7. The molecule has 0 aliphatic carbocycles. The van der Waals surface area contributed by atoms with Gasteiger partial charge in [0, 0.05) is 23.8 Å². The molecule has 0 saturated carbocycles. The Labute approximate surface area is 186 Å². The number of fused-ring (bicyclic) bond motifs is 1. The van der Waals surface area contributed by atoms with Crippen LogP contribution in [0.2, 0.25) is 5.02 Å². The van der Waals surface area contributed by atoms with Gasteiger partial charge in [-0.25, -0.2) is 0 Å². The summed E-state index contributed by atoms with van der Waals surface area (Å²) in [6, 6.07) is 10.8. The number of amides is 3. The number of nitrogens with one attached hydrogen (secondary N) is 1. The van der Waals surface area contributed by atoms with Gasteiger partial charge in [0.25, 0.3) is 5.91 Å². The standard InChI is InChI=1S/C21H19ClF3N3O4/c1-2-27(20(31)21(23,24)25)10-13-4-3-5-15(8-13)26-18(29)11-28-16-9-14(22)6-7-17(16)32-12-19(28)30/h3-9H,2,10-12H2,1H3,(H,26,29). The molecular weight excluding hydrogens is 451 g/mol. The van der Waals surface area contributed by atoms with Crippen molar-refractivity contribution in [2.45, 2.75) is 19.6 Å². The number of carbonyl (C=O) groups excluding carboxylic acids is 3. The lowest BCUT2D eigenvalue weighted by molar-refractivity contribution is -0.185. The molecule has 170 valence electrons. The van der Waals surface area contributed by atoms with Crippen LogP contribution in [0.25, 0.3) is 0 Å². The van der Waals surface area contributed by atoms with E-state index in [0.29, 0.717) is 32.6 Å². The molecule has 0 bridgehead atoms. The fourth-order valence-electron chi connectivity index (χ4n) is 3.17. The van der Waals surface area contributed by atoms with Crippen LogP contribution >= 0.6 is 11.6 Å². The van der Waals surface area contributed by atoms with Crippen molar-refractivity contribution in [3.8, 4) is 5.75 Å². The van der Waals surface area contributed by atoms with Gasteiger partial charge in [-0.15, -0.1) is 0 Å². The Balaban J connectivity index is 1.70. The number of halogens is 4. The molecule has 1 aliphatic heterocycles. The quantitative estimate of drug-likeness (QED) is 0.701. The van der Waals surface area contributed by atoms with Crippen LogP contribution in [0.4, 0.5) is 24.5 Å². The Morgan fingerprint density at radius 1 is 1.22 bits per heavy atom. The highest BCUT2D eigenvalue weighted by Crippen LogP contribution is 2.34. The van der Waals surface area contributed by atoms with Gasteiger partial charge in [-0.1, -0.05) is 23.7 Å². The third-order valence-electron chi connectivity index (χ3n) is 4.66. The molecule has 0 fully saturated rings. The average Bonchev–Trinajstić information content (AvgIpc) is 2.73. The topological polar surface area (TPSA) is 79.0 Å². The summed E-state index contributed by atoms with van der Waals surface area (Å²) in [5.74, 6) is -2.47. The molecule has 2 aromatic carbocycles. The number of anilines is 2. The fraction of sp³-hybridized carbons (Fsp3) is 0.286. The van der Waals surface area contributed by atoms with Crippen molar-refractivity contribution < 1.29 is 32.3 Å². The molecule has 7 nitrogen and oxygen atoms in total. The minimum absolute atomic E-state index is 0.129. The highest BCUT2D eigenvalue weighted by Gasteiger charge is 2.41. The van der Waals surface area contributed by atoms with Gasteiger partial charge in [-0.2, -0.15) is 13.2 Å². The van der Waals surface area contributed by atoms with Gasteiger partial charge in [0.2, 0.25) is 5.91 Å². The third-order valence-corrected chi connectivity index (χ3v) is 4.90. The van der Waals surface area contributed by atoms with E-state index in [1.165, 1.54) is 24.0 Å². The molecule has 0 unspecified atom stereocenters. The highest BCUT2D eigenvalue weighted by molar-refractivity contribution is 6.31. The smallest absolute Gasteiger partial charge is 0.471 e. The Bertz CT molecular complexity index is 1050. The van der Waals surface area contributed by atoms with Gasteiger partial charge < -0.3 is 15.0 Å². The third kappa shape index (κ3) is 5.50. The second-order valence-electron chi connectivity index (χ2n) is 6.95. The van der Waals surface area contributed by atoms with Gasteiger partial charge in [0.05, 0.1) is 5.69 Å². The predicted molar refractivity (Wildman–Crippen MR) is 112 cm³/mol. The number of rotatable bonds is 6. The number of nitrogens with zero attached hydrogens (tertiary/aromatic N) is 2. The first kappa shape index (κ1) is 23.4. The molecule has 3 rings (SSSR count). The number of alkyl halides is 3. The van der Waals surface area contributed by atoms with Gasteiger partial charge in [-0.3, -0.25) is 19.3 Å². The minimum Gasteiger partial charge on any atom is -0.482 e. The predicted octanol–water partition coefficient (Wildman–Crippen LogP) is 3.61. The van der Waals surface area contributed by atoms with Crippen molar-refractivity contribution in [2.75, 3.05) is 29.9 Å². The Morgan fingerprint density at radius 2 is 1.97 bits per heavy atom. The molecule has 32 heavy (non-hydrogen) atoms. The Kier molecular flexibility index (Phi) is 6.93. The molecule has 1 N–H and O–H groups in total. The maximum Gasteiger partial charge on any atom is 0.471 e. The maximum absolute atomic E-state index is 12.7. The molecule has 1 heterocycles. The van der Waals surface area contributed by atoms with E-state index in [2.05, 4.69) is 5.32 Å². The lowest BCUT2D eigenvalue weighted by atomic mass is 10.1.